The molecule has 0 amide bonds. The fourth-order valence-corrected chi connectivity index (χ4v) is 2.53. The van der Waals surface area contributed by atoms with Gasteiger partial charge in [-0.3, -0.25) is 9.55 Å². The van der Waals surface area contributed by atoms with Crippen LogP contribution in [0.4, 0.5) is 0 Å². The molecule has 0 saturated carbocycles. The van der Waals surface area contributed by atoms with Gasteiger partial charge in [0.25, 0.3) is 0 Å². The van der Waals surface area contributed by atoms with Gasteiger partial charge in [0.2, 0.25) is 0 Å². The molecule has 0 bridgehead atoms. The second-order valence-electron chi connectivity index (χ2n) is 5.26. The summed E-state index contributed by atoms with van der Waals surface area (Å²) >= 11 is 0. The van der Waals surface area contributed by atoms with Gasteiger partial charge in [0.1, 0.15) is 5.82 Å². The van der Waals surface area contributed by atoms with Crippen molar-refractivity contribution in [2.45, 2.75) is 38.6 Å². The van der Waals surface area contributed by atoms with Crippen LogP contribution in [0.2, 0.25) is 0 Å². The molecule has 5 heteroatoms. The van der Waals surface area contributed by atoms with Gasteiger partial charge in [0.05, 0.1) is 24.1 Å². The van der Waals surface area contributed by atoms with E-state index < -0.39 is 0 Å². The highest BCUT2D eigenvalue weighted by molar-refractivity contribution is 5.24. The summed E-state index contributed by atoms with van der Waals surface area (Å²) in [6.07, 6.45) is 9.77. The highest BCUT2D eigenvalue weighted by atomic mass is 15.1. The molecule has 3 rings (SSSR count). The summed E-state index contributed by atoms with van der Waals surface area (Å²) in [6, 6.07) is 0.346. The molecule has 1 aliphatic rings. The average molecular weight is 257 g/mol. The SMILES string of the molecule is CC(C)c1nccn1-c1cncc([C@H]2CCCN2)n1. The molecule has 5 nitrogen and oxygen atoms in total. The predicted molar refractivity (Wildman–Crippen MR) is 73.2 cm³/mol. The first-order valence-corrected chi connectivity index (χ1v) is 6.84. The summed E-state index contributed by atoms with van der Waals surface area (Å²) in [5, 5.41) is 3.46. The van der Waals surface area contributed by atoms with E-state index in [-0.39, 0.29) is 0 Å². The Morgan fingerprint density at radius 2 is 2.26 bits per heavy atom. The lowest BCUT2D eigenvalue weighted by Gasteiger charge is -2.13. The molecule has 0 unspecified atom stereocenters. The van der Waals surface area contributed by atoms with Gasteiger partial charge in [0, 0.05) is 18.3 Å². The zero-order chi connectivity index (χ0) is 13.2. The van der Waals surface area contributed by atoms with E-state index in [1.807, 2.05) is 23.2 Å². The Balaban J connectivity index is 1.96. The van der Waals surface area contributed by atoms with E-state index in [1.54, 1.807) is 6.20 Å². The quantitative estimate of drug-likeness (QED) is 0.916. The third kappa shape index (κ3) is 2.38. The van der Waals surface area contributed by atoms with Crippen molar-refractivity contribution < 1.29 is 0 Å². The summed E-state index contributed by atoms with van der Waals surface area (Å²) in [7, 11) is 0. The Bertz CT molecular complexity index is 554. The van der Waals surface area contributed by atoms with Gasteiger partial charge < -0.3 is 5.32 Å². The van der Waals surface area contributed by atoms with Crippen LogP contribution in [0, 0.1) is 0 Å². The molecule has 19 heavy (non-hydrogen) atoms. The van der Waals surface area contributed by atoms with E-state index >= 15 is 0 Å². The standard InChI is InChI=1S/C14H19N5/c1-10(2)14-17-6-7-19(14)13-9-15-8-12(18-13)11-4-3-5-16-11/h6-11,16H,3-5H2,1-2H3/t11-/m1/s1. The van der Waals surface area contributed by atoms with Crippen LogP contribution in [-0.4, -0.2) is 26.1 Å². The first kappa shape index (κ1) is 12.3. The van der Waals surface area contributed by atoms with E-state index in [0.717, 1.165) is 30.3 Å². The van der Waals surface area contributed by atoms with Crippen LogP contribution in [0.15, 0.2) is 24.8 Å². The van der Waals surface area contributed by atoms with Crippen molar-refractivity contribution in [1.82, 2.24) is 24.8 Å². The molecule has 1 N–H and O–H groups in total. The van der Waals surface area contributed by atoms with Crippen molar-refractivity contribution in [3.05, 3.63) is 36.3 Å². The largest absolute Gasteiger partial charge is 0.309 e. The molecule has 1 fully saturated rings. The van der Waals surface area contributed by atoms with Crippen LogP contribution in [-0.2, 0) is 0 Å². The van der Waals surface area contributed by atoms with Gasteiger partial charge in [-0.15, -0.1) is 0 Å². The van der Waals surface area contributed by atoms with Crippen LogP contribution < -0.4 is 5.32 Å². The molecule has 0 spiro atoms. The molecule has 0 aromatic carbocycles. The van der Waals surface area contributed by atoms with Crippen molar-refractivity contribution >= 4 is 0 Å². The lowest BCUT2D eigenvalue weighted by Crippen LogP contribution is -2.16. The highest BCUT2D eigenvalue weighted by Crippen LogP contribution is 2.22. The average Bonchev–Trinajstić information content (AvgIpc) is 3.10. The molecule has 100 valence electrons. The Kier molecular flexibility index (Phi) is 3.29. The smallest absolute Gasteiger partial charge is 0.156 e. The van der Waals surface area contributed by atoms with E-state index in [4.69, 9.17) is 4.98 Å². The monoisotopic (exact) mass is 257 g/mol. The second kappa shape index (κ2) is 5.09. The number of rotatable bonds is 3. The summed E-state index contributed by atoms with van der Waals surface area (Å²) in [5.41, 5.74) is 1.03. The zero-order valence-corrected chi connectivity index (χ0v) is 11.4. The lowest BCUT2D eigenvalue weighted by molar-refractivity contribution is 0.619. The first-order valence-electron chi connectivity index (χ1n) is 6.84. The van der Waals surface area contributed by atoms with Gasteiger partial charge in [-0.1, -0.05) is 13.8 Å². The molecule has 1 atom stereocenters. The van der Waals surface area contributed by atoms with Gasteiger partial charge in [-0.05, 0) is 19.4 Å². The summed E-state index contributed by atoms with van der Waals surface area (Å²) in [6.45, 7) is 5.34. The Hall–Kier alpha value is -1.75. The molecule has 2 aromatic heterocycles. The number of imidazole rings is 1. The first-order chi connectivity index (χ1) is 9.25. The van der Waals surface area contributed by atoms with Crippen molar-refractivity contribution in [2.75, 3.05) is 6.54 Å². The van der Waals surface area contributed by atoms with Crippen molar-refractivity contribution in [2.24, 2.45) is 0 Å². The Morgan fingerprint density at radius 1 is 1.37 bits per heavy atom. The maximum Gasteiger partial charge on any atom is 0.156 e. The summed E-state index contributed by atoms with van der Waals surface area (Å²) in [5.74, 6) is 2.24. The number of hydrogen-bond acceptors (Lipinski definition) is 4. The zero-order valence-electron chi connectivity index (χ0n) is 11.4. The number of nitrogens with zero attached hydrogens (tertiary/aromatic N) is 4. The third-order valence-electron chi connectivity index (χ3n) is 3.49. The van der Waals surface area contributed by atoms with Crippen molar-refractivity contribution in [1.29, 1.82) is 0 Å². The minimum absolute atomic E-state index is 0.346. The third-order valence-corrected chi connectivity index (χ3v) is 3.49. The lowest BCUT2D eigenvalue weighted by atomic mass is 10.2. The molecule has 0 radical (unpaired) electrons. The molecule has 0 aliphatic carbocycles. The van der Waals surface area contributed by atoms with Crippen molar-refractivity contribution in [3.63, 3.8) is 0 Å². The fraction of sp³-hybridized carbons (Fsp3) is 0.500. The topological polar surface area (TPSA) is 55.6 Å². The van der Waals surface area contributed by atoms with Crippen LogP contribution in [0.5, 0.6) is 0 Å². The predicted octanol–water partition coefficient (Wildman–Crippen LogP) is 2.21. The van der Waals surface area contributed by atoms with E-state index in [2.05, 4.69) is 29.1 Å². The Morgan fingerprint density at radius 3 is 3.00 bits per heavy atom. The van der Waals surface area contributed by atoms with Crippen LogP contribution in [0.25, 0.3) is 5.82 Å². The van der Waals surface area contributed by atoms with Gasteiger partial charge in [-0.2, -0.15) is 0 Å². The number of aromatic nitrogens is 4. The molecule has 2 aromatic rings. The van der Waals surface area contributed by atoms with E-state index in [9.17, 15) is 0 Å². The van der Waals surface area contributed by atoms with E-state index in [0.29, 0.717) is 12.0 Å². The van der Waals surface area contributed by atoms with Crippen LogP contribution in [0.3, 0.4) is 0 Å². The van der Waals surface area contributed by atoms with Crippen molar-refractivity contribution in [3.8, 4) is 5.82 Å². The Labute approximate surface area is 113 Å². The molecule has 3 heterocycles. The van der Waals surface area contributed by atoms with E-state index in [1.165, 1.54) is 6.42 Å². The molecular formula is C14H19N5. The maximum atomic E-state index is 4.74. The molecule has 1 saturated heterocycles. The fourth-order valence-electron chi connectivity index (χ4n) is 2.53. The maximum absolute atomic E-state index is 4.74. The summed E-state index contributed by atoms with van der Waals surface area (Å²) in [4.78, 5) is 13.5. The normalized spacial score (nSPS) is 19.2. The summed E-state index contributed by atoms with van der Waals surface area (Å²) < 4.78 is 2.02. The molecular weight excluding hydrogens is 238 g/mol. The van der Waals surface area contributed by atoms with Gasteiger partial charge in [-0.25, -0.2) is 9.97 Å². The second-order valence-corrected chi connectivity index (χ2v) is 5.26. The number of nitrogens with one attached hydrogen (secondary N) is 1. The minimum Gasteiger partial charge on any atom is -0.309 e. The van der Waals surface area contributed by atoms with Gasteiger partial charge in [0.15, 0.2) is 5.82 Å². The minimum atomic E-state index is 0.346. The van der Waals surface area contributed by atoms with Crippen LogP contribution in [0.1, 0.15) is 50.2 Å². The molecule has 1 aliphatic heterocycles. The van der Waals surface area contributed by atoms with Gasteiger partial charge >= 0.3 is 0 Å². The highest BCUT2D eigenvalue weighted by Gasteiger charge is 2.19. The van der Waals surface area contributed by atoms with Crippen LogP contribution >= 0.6 is 0 Å². The number of hydrogen-bond donors (Lipinski definition) is 1.